The molecule has 3 nitrogen and oxygen atoms in total. The highest BCUT2D eigenvalue weighted by Gasteiger charge is 2.07. The Hall–Kier alpha value is -1.51. The monoisotopic (exact) mass is 248 g/mol. The van der Waals surface area contributed by atoms with Crippen LogP contribution in [-0.2, 0) is 0 Å². The Kier molecular flexibility index (Phi) is 5.69. The summed E-state index contributed by atoms with van der Waals surface area (Å²) in [6.45, 7) is 4.95. The number of carbonyl (C=O) groups is 1. The second-order valence-corrected chi connectivity index (χ2v) is 4.86. The molecule has 1 aromatic rings. The number of aryl methyl sites for hydroxylation is 1. The topological polar surface area (TPSA) is 32.3 Å². The molecule has 1 N–H and O–H groups in total. The van der Waals surface area contributed by atoms with E-state index >= 15 is 0 Å². The van der Waals surface area contributed by atoms with Gasteiger partial charge in [0.1, 0.15) is 0 Å². The van der Waals surface area contributed by atoms with Crippen LogP contribution in [0.5, 0.6) is 0 Å². The van der Waals surface area contributed by atoms with E-state index < -0.39 is 0 Å². The summed E-state index contributed by atoms with van der Waals surface area (Å²) in [7, 11) is 4.01. The molecule has 0 spiro atoms. The van der Waals surface area contributed by atoms with Crippen molar-refractivity contribution >= 4 is 11.6 Å². The Morgan fingerprint density at radius 1 is 1.28 bits per heavy atom. The van der Waals surface area contributed by atoms with Crippen molar-refractivity contribution in [3.63, 3.8) is 0 Å². The van der Waals surface area contributed by atoms with Crippen LogP contribution in [0.25, 0.3) is 0 Å². The number of anilines is 1. The zero-order valence-electron chi connectivity index (χ0n) is 11.9. The number of hydrogen-bond acceptors (Lipinski definition) is 2. The third kappa shape index (κ3) is 4.06. The van der Waals surface area contributed by atoms with E-state index in [1.807, 2.05) is 39.2 Å². The van der Waals surface area contributed by atoms with Crippen LogP contribution in [0, 0.1) is 6.92 Å². The van der Waals surface area contributed by atoms with Crippen molar-refractivity contribution in [1.29, 1.82) is 0 Å². The molecule has 0 aliphatic rings. The van der Waals surface area contributed by atoms with Gasteiger partial charge in [0.15, 0.2) is 0 Å². The zero-order valence-corrected chi connectivity index (χ0v) is 11.9. The molecule has 0 heterocycles. The average molecular weight is 248 g/mol. The lowest BCUT2D eigenvalue weighted by Gasteiger charge is -2.16. The van der Waals surface area contributed by atoms with Gasteiger partial charge in [-0.25, -0.2) is 0 Å². The highest BCUT2D eigenvalue weighted by Crippen LogP contribution is 2.18. The Morgan fingerprint density at radius 2 is 2.00 bits per heavy atom. The summed E-state index contributed by atoms with van der Waals surface area (Å²) < 4.78 is 0. The molecule has 0 aromatic heterocycles. The molecule has 0 unspecified atom stereocenters. The molecule has 1 rings (SSSR count). The van der Waals surface area contributed by atoms with Crippen molar-refractivity contribution in [2.45, 2.75) is 33.1 Å². The minimum atomic E-state index is 0.0273. The van der Waals surface area contributed by atoms with Crippen molar-refractivity contribution in [3.8, 4) is 0 Å². The summed E-state index contributed by atoms with van der Waals surface area (Å²) in [4.78, 5) is 14.0. The van der Waals surface area contributed by atoms with Crippen molar-refractivity contribution in [2.24, 2.45) is 0 Å². The van der Waals surface area contributed by atoms with Gasteiger partial charge in [-0.3, -0.25) is 4.79 Å². The van der Waals surface area contributed by atoms with Crippen LogP contribution >= 0.6 is 0 Å². The molecule has 1 aromatic carbocycles. The van der Waals surface area contributed by atoms with Gasteiger partial charge in [-0.15, -0.1) is 0 Å². The maximum Gasteiger partial charge on any atom is 0.251 e. The number of benzene rings is 1. The molecule has 0 saturated carbocycles. The van der Waals surface area contributed by atoms with E-state index in [1.54, 1.807) is 0 Å². The first-order valence-electron chi connectivity index (χ1n) is 6.62. The van der Waals surface area contributed by atoms with Crippen LogP contribution in [0.3, 0.4) is 0 Å². The molecule has 100 valence electrons. The van der Waals surface area contributed by atoms with Gasteiger partial charge in [0.2, 0.25) is 0 Å². The lowest BCUT2D eigenvalue weighted by atomic mass is 10.1. The van der Waals surface area contributed by atoms with Gasteiger partial charge >= 0.3 is 0 Å². The van der Waals surface area contributed by atoms with Crippen LogP contribution in [0.15, 0.2) is 18.2 Å². The fourth-order valence-corrected chi connectivity index (χ4v) is 1.98. The van der Waals surface area contributed by atoms with E-state index in [0.29, 0.717) is 0 Å². The first-order chi connectivity index (χ1) is 8.56. The third-order valence-electron chi connectivity index (χ3n) is 3.01. The summed E-state index contributed by atoms with van der Waals surface area (Å²) in [6, 6.07) is 5.83. The normalized spacial score (nSPS) is 10.2. The second kappa shape index (κ2) is 7.04. The molecule has 18 heavy (non-hydrogen) atoms. The van der Waals surface area contributed by atoms with Gasteiger partial charge < -0.3 is 10.2 Å². The molecule has 0 radical (unpaired) electrons. The minimum absolute atomic E-state index is 0.0273. The van der Waals surface area contributed by atoms with Crippen molar-refractivity contribution < 1.29 is 4.79 Å². The largest absolute Gasteiger partial charge is 0.377 e. The van der Waals surface area contributed by atoms with E-state index in [9.17, 15) is 4.79 Å². The maximum absolute atomic E-state index is 11.9. The summed E-state index contributed by atoms with van der Waals surface area (Å²) >= 11 is 0. The molecule has 0 fully saturated rings. The molecule has 0 bridgehead atoms. The van der Waals surface area contributed by atoms with E-state index in [1.165, 1.54) is 12.8 Å². The van der Waals surface area contributed by atoms with Crippen LogP contribution in [0.1, 0.15) is 42.1 Å². The van der Waals surface area contributed by atoms with Crippen molar-refractivity contribution in [2.75, 3.05) is 25.5 Å². The van der Waals surface area contributed by atoms with Crippen molar-refractivity contribution in [3.05, 3.63) is 29.3 Å². The maximum atomic E-state index is 11.9. The fraction of sp³-hybridized carbons (Fsp3) is 0.533. The van der Waals surface area contributed by atoms with E-state index in [4.69, 9.17) is 0 Å². The van der Waals surface area contributed by atoms with E-state index in [0.717, 1.165) is 29.8 Å². The van der Waals surface area contributed by atoms with Crippen LogP contribution in [0.2, 0.25) is 0 Å². The molecular weight excluding hydrogens is 224 g/mol. The van der Waals surface area contributed by atoms with Gasteiger partial charge in [-0.05, 0) is 37.1 Å². The predicted octanol–water partition coefficient (Wildman–Crippen LogP) is 2.98. The van der Waals surface area contributed by atoms with Crippen LogP contribution < -0.4 is 10.2 Å². The number of carbonyl (C=O) groups excluding carboxylic acids is 1. The van der Waals surface area contributed by atoms with Gasteiger partial charge in [0.05, 0.1) is 0 Å². The molecular formula is C15H24N2O. The van der Waals surface area contributed by atoms with Crippen LogP contribution in [0.4, 0.5) is 5.69 Å². The summed E-state index contributed by atoms with van der Waals surface area (Å²) in [6.07, 6.45) is 3.39. The number of nitrogens with zero attached hydrogens (tertiary/aromatic N) is 1. The van der Waals surface area contributed by atoms with Gasteiger partial charge in [-0.1, -0.05) is 19.8 Å². The molecule has 0 saturated heterocycles. The molecule has 1 amide bonds. The number of unbranched alkanes of at least 4 members (excludes halogenated alkanes) is 2. The lowest BCUT2D eigenvalue weighted by Crippen LogP contribution is -2.24. The van der Waals surface area contributed by atoms with Crippen molar-refractivity contribution in [1.82, 2.24) is 5.32 Å². The van der Waals surface area contributed by atoms with Gasteiger partial charge in [0.25, 0.3) is 5.91 Å². The van der Waals surface area contributed by atoms with Gasteiger partial charge in [0, 0.05) is 31.9 Å². The Balaban J connectivity index is 2.61. The summed E-state index contributed by atoms with van der Waals surface area (Å²) in [5.74, 6) is 0.0273. The number of amides is 1. The Bertz CT molecular complexity index is 399. The first-order valence-corrected chi connectivity index (χ1v) is 6.62. The van der Waals surface area contributed by atoms with E-state index in [-0.39, 0.29) is 5.91 Å². The highest BCUT2D eigenvalue weighted by atomic mass is 16.1. The summed E-state index contributed by atoms with van der Waals surface area (Å²) in [5, 5.41) is 2.96. The number of hydrogen-bond donors (Lipinski definition) is 1. The summed E-state index contributed by atoms with van der Waals surface area (Å²) in [5.41, 5.74) is 3.02. The smallest absolute Gasteiger partial charge is 0.251 e. The Labute approximate surface area is 110 Å². The Morgan fingerprint density at radius 3 is 2.56 bits per heavy atom. The number of rotatable bonds is 6. The minimum Gasteiger partial charge on any atom is -0.377 e. The molecule has 0 aliphatic heterocycles. The predicted molar refractivity (Wildman–Crippen MR) is 77.4 cm³/mol. The van der Waals surface area contributed by atoms with E-state index in [2.05, 4.69) is 17.1 Å². The van der Waals surface area contributed by atoms with Crippen LogP contribution in [-0.4, -0.2) is 26.5 Å². The quantitative estimate of drug-likeness (QED) is 0.785. The second-order valence-electron chi connectivity index (χ2n) is 4.86. The molecule has 0 atom stereocenters. The SMILES string of the molecule is CCCCCNC(=O)c1ccc(N(C)C)c(C)c1. The number of nitrogens with one attached hydrogen (secondary N) is 1. The lowest BCUT2D eigenvalue weighted by molar-refractivity contribution is 0.0953. The standard InChI is InChI=1S/C15H24N2O/c1-5-6-7-10-16-15(18)13-8-9-14(17(3)4)12(2)11-13/h8-9,11H,5-7,10H2,1-4H3,(H,16,18). The molecule has 3 heteroatoms. The fourth-order valence-electron chi connectivity index (χ4n) is 1.98. The highest BCUT2D eigenvalue weighted by molar-refractivity contribution is 5.94. The third-order valence-corrected chi connectivity index (χ3v) is 3.01. The molecule has 0 aliphatic carbocycles. The van der Waals surface area contributed by atoms with Gasteiger partial charge in [-0.2, -0.15) is 0 Å². The average Bonchev–Trinajstić information content (AvgIpc) is 2.33. The zero-order chi connectivity index (χ0) is 13.5. The first kappa shape index (κ1) is 14.6.